The van der Waals surface area contributed by atoms with Gasteiger partial charge in [-0.25, -0.2) is 0 Å². The summed E-state index contributed by atoms with van der Waals surface area (Å²) in [6.07, 6.45) is 8.29. The predicted molar refractivity (Wildman–Crippen MR) is 73.9 cm³/mol. The first-order valence-electron chi connectivity index (χ1n) is 6.58. The van der Waals surface area contributed by atoms with Crippen molar-refractivity contribution in [3.8, 4) is 0 Å². The van der Waals surface area contributed by atoms with Gasteiger partial charge in [-0.2, -0.15) is 0 Å². The van der Waals surface area contributed by atoms with Crippen molar-refractivity contribution in [3.05, 3.63) is 22.3 Å². The molecule has 3 aliphatic rings. The molecule has 17 heavy (non-hydrogen) atoms. The highest BCUT2D eigenvalue weighted by Crippen LogP contribution is 2.38. The number of fused-ring (bicyclic) bond motifs is 3. The molecule has 2 atom stereocenters. The average Bonchev–Trinajstić information content (AvgIpc) is 2.77. The zero-order valence-corrected chi connectivity index (χ0v) is 11.7. The Bertz CT molecular complexity index is 364. The van der Waals surface area contributed by atoms with E-state index in [1.54, 1.807) is 0 Å². The number of nitrogens with zero attached hydrogens (tertiary/aromatic N) is 2. The number of allylic oxidation sites excluding steroid dienone is 2. The van der Waals surface area contributed by atoms with Crippen molar-refractivity contribution in [1.29, 1.82) is 0 Å². The molecule has 2 saturated heterocycles. The van der Waals surface area contributed by atoms with Crippen LogP contribution in [0.2, 0.25) is 0 Å². The van der Waals surface area contributed by atoms with Crippen LogP contribution < -0.4 is 5.73 Å². The smallest absolute Gasteiger partial charge is 0.0544 e. The van der Waals surface area contributed by atoms with Crippen LogP contribution in [0.15, 0.2) is 22.3 Å². The molecule has 2 fully saturated rings. The Morgan fingerprint density at radius 3 is 3.18 bits per heavy atom. The van der Waals surface area contributed by atoms with E-state index in [2.05, 4.69) is 37.9 Å². The lowest BCUT2D eigenvalue weighted by Gasteiger charge is -2.47. The molecule has 3 nitrogen and oxygen atoms in total. The zero-order valence-electron chi connectivity index (χ0n) is 10.1. The molecule has 1 aliphatic carbocycles. The Labute approximate surface area is 111 Å². The summed E-state index contributed by atoms with van der Waals surface area (Å²) in [6.45, 7) is 4.21. The van der Waals surface area contributed by atoms with E-state index in [0.717, 1.165) is 19.5 Å². The second-order valence-corrected chi connectivity index (χ2v) is 6.01. The van der Waals surface area contributed by atoms with E-state index >= 15 is 0 Å². The van der Waals surface area contributed by atoms with Crippen molar-refractivity contribution in [2.45, 2.75) is 31.3 Å². The molecule has 0 bridgehead atoms. The van der Waals surface area contributed by atoms with Crippen LogP contribution in [0.4, 0.5) is 0 Å². The highest BCUT2D eigenvalue weighted by atomic mass is 79.9. The number of hydrogen-bond donors (Lipinski definition) is 1. The van der Waals surface area contributed by atoms with Gasteiger partial charge in [-0.15, -0.1) is 0 Å². The van der Waals surface area contributed by atoms with Gasteiger partial charge in [0.15, 0.2) is 0 Å². The Hall–Kier alpha value is -0.320. The molecule has 3 rings (SSSR count). The predicted octanol–water partition coefficient (Wildman–Crippen LogP) is 1.66. The summed E-state index contributed by atoms with van der Waals surface area (Å²) >= 11 is 3.74. The van der Waals surface area contributed by atoms with Gasteiger partial charge in [0.1, 0.15) is 0 Å². The first-order chi connectivity index (χ1) is 8.31. The van der Waals surface area contributed by atoms with Crippen molar-refractivity contribution in [3.63, 3.8) is 0 Å². The van der Waals surface area contributed by atoms with Gasteiger partial charge in [-0.3, -0.25) is 4.90 Å². The molecule has 2 heterocycles. The minimum Gasteiger partial charge on any atom is -0.368 e. The second kappa shape index (κ2) is 4.75. The van der Waals surface area contributed by atoms with Crippen LogP contribution in [0.3, 0.4) is 0 Å². The molecular formula is C13H20BrN3. The standard InChI is InChI=1S/C13H20BrN3/c14-11-4-1-5-12-13(11)17-7-2-3-10(17)9-16(12)8-6-15/h1,4,10,12H,2-3,5-9,15H2/t10-,12-/m1/s1. The third-order valence-corrected chi connectivity index (χ3v) is 4.84. The van der Waals surface area contributed by atoms with Gasteiger partial charge < -0.3 is 10.6 Å². The largest absolute Gasteiger partial charge is 0.368 e. The number of hydrogen-bond acceptors (Lipinski definition) is 3. The molecule has 0 radical (unpaired) electrons. The molecule has 4 heteroatoms. The molecule has 94 valence electrons. The normalized spacial score (nSPS) is 32.9. The van der Waals surface area contributed by atoms with E-state index in [0.29, 0.717) is 12.1 Å². The quantitative estimate of drug-likeness (QED) is 0.841. The Morgan fingerprint density at radius 1 is 1.47 bits per heavy atom. The van der Waals surface area contributed by atoms with Crippen LogP contribution in [0.1, 0.15) is 19.3 Å². The van der Waals surface area contributed by atoms with Gasteiger partial charge in [0.2, 0.25) is 0 Å². The first-order valence-corrected chi connectivity index (χ1v) is 7.37. The Morgan fingerprint density at radius 2 is 2.35 bits per heavy atom. The van der Waals surface area contributed by atoms with E-state index < -0.39 is 0 Å². The SMILES string of the molecule is NCCN1C[C@H]2CCCN2C2=C(Br)C=CC[C@H]21. The van der Waals surface area contributed by atoms with E-state index in [9.17, 15) is 0 Å². The van der Waals surface area contributed by atoms with Gasteiger partial charge >= 0.3 is 0 Å². The van der Waals surface area contributed by atoms with Crippen molar-refractivity contribution >= 4 is 15.9 Å². The van der Waals surface area contributed by atoms with Gasteiger partial charge in [0, 0.05) is 42.4 Å². The second-order valence-electron chi connectivity index (χ2n) is 5.16. The number of piperazine rings is 1. The summed E-state index contributed by atoms with van der Waals surface area (Å²) in [6, 6.07) is 1.26. The lowest BCUT2D eigenvalue weighted by molar-refractivity contribution is 0.0960. The minimum atomic E-state index is 0.548. The maximum atomic E-state index is 5.75. The molecule has 0 aromatic carbocycles. The average molecular weight is 298 g/mol. The van der Waals surface area contributed by atoms with E-state index in [1.807, 2.05) is 0 Å². The number of rotatable bonds is 2. The molecule has 0 aromatic rings. The molecule has 2 aliphatic heterocycles. The molecule has 2 N–H and O–H groups in total. The molecule has 0 aromatic heterocycles. The summed E-state index contributed by atoms with van der Waals surface area (Å²) in [4.78, 5) is 5.21. The van der Waals surface area contributed by atoms with Crippen LogP contribution in [0.5, 0.6) is 0 Å². The van der Waals surface area contributed by atoms with Crippen molar-refractivity contribution in [2.75, 3.05) is 26.2 Å². The van der Waals surface area contributed by atoms with Crippen LogP contribution in [-0.2, 0) is 0 Å². The maximum absolute atomic E-state index is 5.75. The lowest BCUT2D eigenvalue weighted by atomic mass is 9.96. The summed E-state index contributed by atoms with van der Waals surface area (Å²) in [5, 5.41) is 0. The fourth-order valence-electron chi connectivity index (χ4n) is 3.46. The molecule has 0 spiro atoms. The van der Waals surface area contributed by atoms with Crippen LogP contribution in [0, 0.1) is 0 Å². The van der Waals surface area contributed by atoms with Gasteiger partial charge in [-0.05, 0) is 35.2 Å². The van der Waals surface area contributed by atoms with Crippen molar-refractivity contribution in [2.24, 2.45) is 5.73 Å². The number of halogens is 1. The third-order valence-electron chi connectivity index (χ3n) is 4.17. The highest BCUT2D eigenvalue weighted by Gasteiger charge is 2.40. The summed E-state index contributed by atoms with van der Waals surface area (Å²) < 4.78 is 1.28. The number of nitrogens with two attached hydrogens (primary N) is 1. The summed E-state index contributed by atoms with van der Waals surface area (Å²) in [5.74, 6) is 0. The molecular weight excluding hydrogens is 278 g/mol. The van der Waals surface area contributed by atoms with E-state index in [-0.39, 0.29) is 0 Å². The summed E-state index contributed by atoms with van der Waals surface area (Å²) in [5.41, 5.74) is 7.26. The van der Waals surface area contributed by atoms with Gasteiger partial charge in [-0.1, -0.05) is 12.2 Å². The zero-order chi connectivity index (χ0) is 11.8. The fraction of sp³-hybridized carbons (Fsp3) is 0.692. The van der Waals surface area contributed by atoms with Gasteiger partial charge in [0.25, 0.3) is 0 Å². The lowest BCUT2D eigenvalue weighted by Crippen LogP contribution is -2.56. The van der Waals surface area contributed by atoms with E-state index in [1.165, 1.54) is 36.1 Å². The Kier molecular flexibility index (Phi) is 3.28. The summed E-state index contributed by atoms with van der Waals surface area (Å²) in [7, 11) is 0. The van der Waals surface area contributed by atoms with Crippen LogP contribution >= 0.6 is 15.9 Å². The van der Waals surface area contributed by atoms with Gasteiger partial charge in [0.05, 0.1) is 6.04 Å². The molecule has 0 saturated carbocycles. The monoisotopic (exact) mass is 297 g/mol. The Balaban J connectivity index is 1.93. The molecule has 0 unspecified atom stereocenters. The highest BCUT2D eigenvalue weighted by molar-refractivity contribution is 9.11. The fourth-order valence-corrected chi connectivity index (χ4v) is 4.14. The third kappa shape index (κ3) is 1.96. The van der Waals surface area contributed by atoms with Crippen molar-refractivity contribution in [1.82, 2.24) is 9.80 Å². The molecule has 0 amide bonds. The maximum Gasteiger partial charge on any atom is 0.0544 e. The van der Waals surface area contributed by atoms with Crippen LogP contribution in [-0.4, -0.2) is 48.1 Å². The van der Waals surface area contributed by atoms with E-state index in [4.69, 9.17) is 5.73 Å². The van der Waals surface area contributed by atoms with Crippen LogP contribution in [0.25, 0.3) is 0 Å². The first kappa shape index (κ1) is 11.8. The topological polar surface area (TPSA) is 32.5 Å². The minimum absolute atomic E-state index is 0.548. The van der Waals surface area contributed by atoms with Crippen molar-refractivity contribution < 1.29 is 0 Å².